The number of hydrogen-bond acceptors (Lipinski definition) is 6. The highest BCUT2D eigenvalue weighted by atomic mass is 16.6. The van der Waals surface area contributed by atoms with Gasteiger partial charge in [-0.15, -0.1) is 0 Å². The average Bonchev–Trinajstić information content (AvgIpc) is 2.88. The van der Waals surface area contributed by atoms with Gasteiger partial charge < -0.3 is 19.3 Å². The maximum Gasteiger partial charge on any atom is 0.236 e. The molecule has 3 aliphatic heterocycles. The van der Waals surface area contributed by atoms with Gasteiger partial charge in [0.2, 0.25) is 5.91 Å². The zero-order chi connectivity index (χ0) is 23.6. The Kier molecular flexibility index (Phi) is 6.53. The largest absolute Gasteiger partial charge is 0.486 e. The molecule has 4 aliphatic rings. The number of ether oxygens (including phenoxy) is 2. The summed E-state index contributed by atoms with van der Waals surface area (Å²) in [6.45, 7) is 9.41. The molecule has 0 aromatic heterocycles. The summed E-state index contributed by atoms with van der Waals surface area (Å²) in [5.41, 5.74) is 3.55. The minimum Gasteiger partial charge on any atom is -0.486 e. The highest BCUT2D eigenvalue weighted by Gasteiger charge is 2.30. The molecule has 35 heavy (non-hydrogen) atoms. The number of carbonyl (C=O) groups is 1. The van der Waals surface area contributed by atoms with E-state index in [0.717, 1.165) is 75.5 Å². The van der Waals surface area contributed by atoms with Gasteiger partial charge in [-0.3, -0.25) is 14.6 Å². The van der Waals surface area contributed by atoms with Gasteiger partial charge in [-0.25, -0.2) is 0 Å². The van der Waals surface area contributed by atoms with Crippen LogP contribution >= 0.6 is 0 Å². The molecule has 1 amide bonds. The van der Waals surface area contributed by atoms with Gasteiger partial charge in [0, 0.05) is 64.1 Å². The monoisotopic (exact) mass is 476 g/mol. The second-order valence-corrected chi connectivity index (χ2v) is 10.2. The molecule has 0 radical (unpaired) electrons. The van der Waals surface area contributed by atoms with Gasteiger partial charge in [0.1, 0.15) is 13.2 Å². The van der Waals surface area contributed by atoms with E-state index < -0.39 is 0 Å². The normalized spacial score (nSPS) is 21.6. The summed E-state index contributed by atoms with van der Waals surface area (Å²) < 4.78 is 11.4. The first-order valence-corrected chi connectivity index (χ1v) is 13.2. The first-order valence-electron chi connectivity index (χ1n) is 13.2. The Bertz CT molecular complexity index is 1020. The van der Waals surface area contributed by atoms with Crippen molar-refractivity contribution >= 4 is 11.6 Å². The second-order valence-electron chi connectivity index (χ2n) is 10.2. The Balaban J connectivity index is 0.984. The molecule has 0 atom stereocenters. The van der Waals surface area contributed by atoms with Crippen LogP contribution in [0.1, 0.15) is 19.3 Å². The van der Waals surface area contributed by atoms with Crippen molar-refractivity contribution in [3.8, 4) is 22.6 Å². The van der Waals surface area contributed by atoms with E-state index in [2.05, 4.69) is 56.0 Å². The zero-order valence-electron chi connectivity index (χ0n) is 20.5. The van der Waals surface area contributed by atoms with Crippen LogP contribution < -0.4 is 14.4 Å². The first-order chi connectivity index (χ1) is 17.2. The standard InChI is InChI=1S/C28H36N4O3/c33-28(32-16-14-31(15-17-32)24-2-1-3-24)21-29-10-12-30(13-11-29)25-7-4-22(5-8-25)23-6-9-26-27(20-23)35-19-18-34-26/h4-9,20,24H,1-3,10-19,21H2. The molecular formula is C28H36N4O3. The van der Waals surface area contributed by atoms with E-state index in [-0.39, 0.29) is 0 Å². The molecule has 2 aromatic rings. The third kappa shape index (κ3) is 4.98. The SMILES string of the molecule is O=C(CN1CCN(c2ccc(-c3ccc4c(c3)OCCO4)cc2)CC1)N1CCN(C2CCC2)CC1. The lowest BCUT2D eigenvalue weighted by molar-refractivity contribution is -0.134. The van der Waals surface area contributed by atoms with Crippen molar-refractivity contribution in [1.29, 1.82) is 0 Å². The van der Waals surface area contributed by atoms with E-state index in [1.165, 1.54) is 30.5 Å². The van der Waals surface area contributed by atoms with Crippen molar-refractivity contribution in [3.05, 3.63) is 42.5 Å². The first kappa shape index (κ1) is 22.7. The third-order valence-electron chi connectivity index (χ3n) is 8.10. The zero-order valence-corrected chi connectivity index (χ0v) is 20.5. The van der Waals surface area contributed by atoms with Crippen molar-refractivity contribution < 1.29 is 14.3 Å². The summed E-state index contributed by atoms with van der Waals surface area (Å²) in [4.78, 5) is 22.3. The molecule has 1 saturated carbocycles. The highest BCUT2D eigenvalue weighted by Crippen LogP contribution is 2.35. The molecule has 2 saturated heterocycles. The van der Waals surface area contributed by atoms with E-state index in [0.29, 0.717) is 25.7 Å². The predicted octanol–water partition coefficient (Wildman–Crippen LogP) is 2.94. The molecule has 3 heterocycles. The van der Waals surface area contributed by atoms with Gasteiger partial charge in [-0.05, 0) is 48.2 Å². The maximum atomic E-state index is 12.9. The maximum absolute atomic E-state index is 12.9. The lowest BCUT2D eigenvalue weighted by atomic mass is 9.91. The summed E-state index contributed by atoms with van der Waals surface area (Å²) >= 11 is 0. The molecule has 0 N–H and O–H groups in total. The van der Waals surface area contributed by atoms with Crippen LogP contribution in [0.15, 0.2) is 42.5 Å². The number of nitrogens with zero attached hydrogens (tertiary/aromatic N) is 4. The van der Waals surface area contributed by atoms with Crippen LogP contribution in [0.2, 0.25) is 0 Å². The van der Waals surface area contributed by atoms with Gasteiger partial charge in [0.25, 0.3) is 0 Å². The average molecular weight is 477 g/mol. The Morgan fingerprint density at radius 1 is 0.771 bits per heavy atom. The van der Waals surface area contributed by atoms with Crippen molar-refractivity contribution in [2.24, 2.45) is 0 Å². The molecule has 0 bridgehead atoms. The number of anilines is 1. The van der Waals surface area contributed by atoms with Crippen LogP contribution in [0, 0.1) is 0 Å². The number of piperazine rings is 2. The Morgan fingerprint density at radius 3 is 2.14 bits per heavy atom. The minimum atomic E-state index is 0.301. The molecule has 0 unspecified atom stereocenters. The topological polar surface area (TPSA) is 48.5 Å². The van der Waals surface area contributed by atoms with Crippen LogP contribution in [0.4, 0.5) is 5.69 Å². The smallest absolute Gasteiger partial charge is 0.236 e. The number of fused-ring (bicyclic) bond motifs is 1. The molecule has 2 aromatic carbocycles. The molecule has 6 rings (SSSR count). The van der Waals surface area contributed by atoms with E-state index >= 15 is 0 Å². The third-order valence-corrected chi connectivity index (χ3v) is 8.10. The molecule has 186 valence electrons. The van der Waals surface area contributed by atoms with Crippen LogP contribution in [-0.2, 0) is 4.79 Å². The predicted molar refractivity (Wildman–Crippen MR) is 137 cm³/mol. The molecular weight excluding hydrogens is 440 g/mol. The lowest BCUT2D eigenvalue weighted by Crippen LogP contribution is -2.56. The fraction of sp³-hybridized carbons (Fsp3) is 0.536. The van der Waals surface area contributed by atoms with Gasteiger partial charge >= 0.3 is 0 Å². The summed E-state index contributed by atoms with van der Waals surface area (Å²) in [6, 6.07) is 15.7. The number of amides is 1. The molecule has 7 nitrogen and oxygen atoms in total. The molecule has 0 spiro atoms. The summed E-state index contributed by atoms with van der Waals surface area (Å²) in [7, 11) is 0. The summed E-state index contributed by atoms with van der Waals surface area (Å²) in [6.07, 6.45) is 4.07. The fourth-order valence-electron chi connectivity index (χ4n) is 5.63. The van der Waals surface area contributed by atoms with Gasteiger partial charge in [-0.2, -0.15) is 0 Å². The Morgan fingerprint density at radius 2 is 1.46 bits per heavy atom. The van der Waals surface area contributed by atoms with Crippen LogP contribution in [0.5, 0.6) is 11.5 Å². The van der Waals surface area contributed by atoms with Crippen molar-refractivity contribution in [1.82, 2.24) is 14.7 Å². The van der Waals surface area contributed by atoms with Crippen LogP contribution in [0.25, 0.3) is 11.1 Å². The van der Waals surface area contributed by atoms with Crippen molar-refractivity contribution in [3.63, 3.8) is 0 Å². The number of hydrogen-bond donors (Lipinski definition) is 0. The Labute approximate surface area is 208 Å². The number of rotatable bonds is 5. The summed E-state index contributed by atoms with van der Waals surface area (Å²) in [5, 5.41) is 0. The van der Waals surface area contributed by atoms with E-state index in [1.807, 2.05) is 6.07 Å². The van der Waals surface area contributed by atoms with Gasteiger partial charge in [0.15, 0.2) is 11.5 Å². The molecule has 3 fully saturated rings. The number of carbonyl (C=O) groups excluding carboxylic acids is 1. The van der Waals surface area contributed by atoms with Crippen molar-refractivity contribution in [2.45, 2.75) is 25.3 Å². The number of benzene rings is 2. The molecule has 1 aliphatic carbocycles. The van der Waals surface area contributed by atoms with Crippen LogP contribution in [-0.4, -0.2) is 98.8 Å². The second kappa shape index (κ2) is 10.1. The quantitative estimate of drug-likeness (QED) is 0.662. The van der Waals surface area contributed by atoms with Crippen molar-refractivity contribution in [2.75, 3.05) is 77.0 Å². The Hall–Kier alpha value is -2.77. The van der Waals surface area contributed by atoms with Gasteiger partial charge in [-0.1, -0.05) is 24.6 Å². The van der Waals surface area contributed by atoms with E-state index in [1.54, 1.807) is 0 Å². The molecule has 7 heteroatoms. The van der Waals surface area contributed by atoms with Gasteiger partial charge in [0.05, 0.1) is 6.54 Å². The van der Waals surface area contributed by atoms with E-state index in [4.69, 9.17) is 9.47 Å². The lowest BCUT2D eigenvalue weighted by Gasteiger charge is -2.43. The minimum absolute atomic E-state index is 0.301. The summed E-state index contributed by atoms with van der Waals surface area (Å²) in [5.74, 6) is 1.95. The van der Waals surface area contributed by atoms with Crippen LogP contribution in [0.3, 0.4) is 0 Å². The highest BCUT2D eigenvalue weighted by molar-refractivity contribution is 5.78. The fourth-order valence-corrected chi connectivity index (χ4v) is 5.63. The van der Waals surface area contributed by atoms with E-state index in [9.17, 15) is 4.79 Å².